The van der Waals surface area contributed by atoms with Gasteiger partial charge in [0.2, 0.25) is 0 Å². The van der Waals surface area contributed by atoms with Crippen LogP contribution in [0.3, 0.4) is 0 Å². The Morgan fingerprint density at radius 1 is 1.09 bits per heavy atom. The molecule has 2 aromatic rings. The molecule has 1 heterocycles. The quantitative estimate of drug-likeness (QED) is 0.400. The van der Waals surface area contributed by atoms with Crippen LogP contribution in [0.5, 0.6) is 5.75 Å². The minimum atomic E-state index is -0.460. The summed E-state index contributed by atoms with van der Waals surface area (Å²) >= 11 is 0. The molecule has 0 saturated heterocycles. The van der Waals surface area contributed by atoms with Gasteiger partial charge in [0, 0.05) is 44.4 Å². The average molecular weight is 455 g/mol. The molecule has 0 aromatic heterocycles. The molecule has 2 N–H and O–H groups in total. The summed E-state index contributed by atoms with van der Waals surface area (Å²) in [4.78, 5) is 25.6. The van der Waals surface area contributed by atoms with Crippen LogP contribution in [0.2, 0.25) is 0 Å². The molecule has 2 amide bonds. The lowest BCUT2D eigenvalue weighted by Gasteiger charge is -2.24. The Bertz CT molecular complexity index is 957. The van der Waals surface area contributed by atoms with Gasteiger partial charge in [0.25, 0.3) is 11.8 Å². The molecular weight excluding hydrogens is 420 g/mol. The van der Waals surface area contributed by atoms with E-state index >= 15 is 0 Å². The van der Waals surface area contributed by atoms with E-state index in [0.29, 0.717) is 56.1 Å². The fraction of sp³-hybridized carbons (Fsp3) is 0.462. The van der Waals surface area contributed by atoms with E-state index in [-0.39, 0.29) is 18.1 Å². The number of carbonyl (C=O) groups is 2. The molecule has 1 aliphatic rings. The summed E-state index contributed by atoms with van der Waals surface area (Å²) in [5.41, 5.74) is 2.26. The van der Waals surface area contributed by atoms with Gasteiger partial charge in [0.1, 0.15) is 12.4 Å². The lowest BCUT2D eigenvalue weighted by atomic mass is 9.77. The Kier molecular flexibility index (Phi) is 8.47. The van der Waals surface area contributed by atoms with E-state index in [9.17, 15) is 9.59 Å². The molecule has 3 rings (SSSR count). The van der Waals surface area contributed by atoms with Crippen molar-refractivity contribution >= 4 is 11.8 Å². The third-order valence-electron chi connectivity index (χ3n) is 5.94. The van der Waals surface area contributed by atoms with E-state index < -0.39 is 5.41 Å². The van der Waals surface area contributed by atoms with Gasteiger partial charge in [-0.1, -0.05) is 30.3 Å². The predicted molar refractivity (Wildman–Crippen MR) is 127 cm³/mol. The monoisotopic (exact) mass is 454 g/mol. The van der Waals surface area contributed by atoms with Crippen molar-refractivity contribution in [2.24, 2.45) is 0 Å². The lowest BCUT2D eigenvalue weighted by molar-refractivity contribution is -0.139. The molecule has 7 heteroatoms. The number of hydrogen-bond acceptors (Lipinski definition) is 5. The zero-order chi connectivity index (χ0) is 23.8. The Balaban J connectivity index is 1.81. The van der Waals surface area contributed by atoms with Crippen molar-refractivity contribution in [3.8, 4) is 5.75 Å². The highest BCUT2D eigenvalue weighted by Crippen LogP contribution is 2.45. The van der Waals surface area contributed by atoms with Crippen LogP contribution in [0.15, 0.2) is 42.5 Å². The molecule has 0 fully saturated rings. The molecule has 0 spiro atoms. The van der Waals surface area contributed by atoms with Gasteiger partial charge in [0.05, 0.1) is 11.0 Å². The molecule has 1 aliphatic heterocycles. The summed E-state index contributed by atoms with van der Waals surface area (Å²) in [6.07, 6.45) is 1.14. The number of ether oxygens (including phenoxy) is 3. The van der Waals surface area contributed by atoms with E-state index in [4.69, 9.17) is 14.2 Å². The van der Waals surface area contributed by atoms with Crippen molar-refractivity contribution in [1.29, 1.82) is 0 Å². The van der Waals surface area contributed by atoms with Gasteiger partial charge in [-0.3, -0.25) is 9.59 Å². The Morgan fingerprint density at radius 3 is 2.42 bits per heavy atom. The van der Waals surface area contributed by atoms with Crippen LogP contribution in [0, 0.1) is 0 Å². The number of rotatable bonds is 11. The molecular formula is C26H34N2O5. The van der Waals surface area contributed by atoms with Crippen LogP contribution in [-0.2, 0) is 14.9 Å². The Labute approximate surface area is 195 Å². The number of carbonyl (C=O) groups excluding carboxylic acids is 2. The maximum absolute atomic E-state index is 13.0. The van der Waals surface area contributed by atoms with E-state index in [1.165, 1.54) is 0 Å². The number of hydrogen-bond donors (Lipinski definition) is 2. The van der Waals surface area contributed by atoms with Crippen LogP contribution >= 0.6 is 0 Å². The van der Waals surface area contributed by atoms with Crippen molar-refractivity contribution in [3.05, 3.63) is 64.7 Å². The molecule has 0 radical (unpaired) electrons. The van der Waals surface area contributed by atoms with Crippen LogP contribution in [-0.4, -0.2) is 51.5 Å². The summed E-state index contributed by atoms with van der Waals surface area (Å²) in [7, 11) is 1.57. The first kappa shape index (κ1) is 24.7. The second-order valence-corrected chi connectivity index (χ2v) is 8.20. The maximum atomic E-state index is 13.0. The normalized spacial score (nSPS) is 16.9. The first-order valence-electron chi connectivity index (χ1n) is 11.5. The minimum absolute atomic E-state index is 0.227. The zero-order valence-electron chi connectivity index (χ0n) is 19.9. The fourth-order valence-electron chi connectivity index (χ4n) is 4.13. The van der Waals surface area contributed by atoms with Gasteiger partial charge in [-0.15, -0.1) is 0 Å². The molecule has 7 nitrogen and oxygen atoms in total. The van der Waals surface area contributed by atoms with Crippen LogP contribution in [0.1, 0.15) is 65.5 Å². The first-order valence-corrected chi connectivity index (χ1v) is 11.5. The lowest BCUT2D eigenvalue weighted by Crippen LogP contribution is -2.28. The Morgan fingerprint density at radius 2 is 1.79 bits per heavy atom. The third kappa shape index (κ3) is 5.54. The molecule has 1 atom stereocenters. The number of benzene rings is 2. The number of amides is 2. The van der Waals surface area contributed by atoms with Gasteiger partial charge in [-0.2, -0.15) is 0 Å². The van der Waals surface area contributed by atoms with E-state index in [1.807, 2.05) is 50.2 Å². The van der Waals surface area contributed by atoms with Crippen LogP contribution in [0.25, 0.3) is 0 Å². The smallest absolute Gasteiger partial charge is 0.254 e. The maximum Gasteiger partial charge on any atom is 0.254 e. The zero-order valence-corrected chi connectivity index (χ0v) is 19.9. The Hall–Kier alpha value is -2.90. The van der Waals surface area contributed by atoms with Crippen LogP contribution in [0.4, 0.5) is 0 Å². The standard InChI is InChI=1S/C26H34N2O5/c1-5-31-22(32-6-2)13-10-14-28-24(29)18-15-20(25(30)27-4)23-21(16-18)26(3,17-33-23)19-11-8-7-9-12-19/h7-9,11-12,15-16,22H,5-6,10,13-14,17H2,1-4H3,(H,27,30)(H,28,29)/t26-/m0/s1. The molecule has 0 bridgehead atoms. The van der Waals surface area contributed by atoms with Gasteiger partial charge in [-0.05, 0) is 44.9 Å². The molecule has 0 unspecified atom stereocenters. The molecule has 0 saturated carbocycles. The van der Waals surface area contributed by atoms with E-state index in [1.54, 1.807) is 13.1 Å². The van der Waals surface area contributed by atoms with Gasteiger partial charge in [0.15, 0.2) is 6.29 Å². The van der Waals surface area contributed by atoms with Crippen molar-refractivity contribution in [1.82, 2.24) is 10.6 Å². The highest BCUT2D eigenvalue weighted by molar-refractivity contribution is 6.02. The van der Waals surface area contributed by atoms with E-state index in [2.05, 4.69) is 17.6 Å². The van der Waals surface area contributed by atoms with Crippen LogP contribution < -0.4 is 15.4 Å². The topological polar surface area (TPSA) is 85.9 Å². The fourth-order valence-corrected chi connectivity index (χ4v) is 4.13. The van der Waals surface area contributed by atoms with Crippen molar-refractivity contribution in [3.63, 3.8) is 0 Å². The van der Waals surface area contributed by atoms with Gasteiger partial charge >= 0.3 is 0 Å². The first-order chi connectivity index (χ1) is 15.9. The van der Waals surface area contributed by atoms with E-state index in [0.717, 1.165) is 11.1 Å². The minimum Gasteiger partial charge on any atom is -0.491 e. The van der Waals surface area contributed by atoms with Gasteiger partial charge in [-0.25, -0.2) is 0 Å². The van der Waals surface area contributed by atoms with Gasteiger partial charge < -0.3 is 24.8 Å². The molecule has 33 heavy (non-hydrogen) atoms. The van der Waals surface area contributed by atoms with Crippen molar-refractivity contribution < 1.29 is 23.8 Å². The third-order valence-corrected chi connectivity index (χ3v) is 5.94. The largest absolute Gasteiger partial charge is 0.491 e. The second kappa shape index (κ2) is 11.3. The summed E-state index contributed by atoms with van der Waals surface area (Å²) < 4.78 is 17.1. The average Bonchev–Trinajstić information content (AvgIpc) is 3.19. The summed E-state index contributed by atoms with van der Waals surface area (Å²) in [5, 5.41) is 5.61. The second-order valence-electron chi connectivity index (χ2n) is 8.20. The molecule has 178 valence electrons. The van der Waals surface area contributed by atoms with Crippen molar-refractivity contribution in [2.75, 3.05) is 33.4 Å². The number of fused-ring (bicyclic) bond motifs is 1. The summed E-state index contributed by atoms with van der Waals surface area (Å²) in [6, 6.07) is 13.5. The molecule has 2 aromatic carbocycles. The summed E-state index contributed by atoms with van der Waals surface area (Å²) in [5.74, 6) is 0.0256. The predicted octanol–water partition coefficient (Wildman–Crippen LogP) is 3.65. The SMILES string of the molecule is CCOC(CCCNC(=O)c1cc(C(=O)NC)c2c(c1)[C@](C)(c1ccccc1)CO2)OCC. The highest BCUT2D eigenvalue weighted by Gasteiger charge is 2.40. The summed E-state index contributed by atoms with van der Waals surface area (Å²) in [6.45, 7) is 7.97. The highest BCUT2D eigenvalue weighted by atomic mass is 16.7. The number of nitrogens with one attached hydrogen (secondary N) is 2. The van der Waals surface area contributed by atoms with Crippen molar-refractivity contribution in [2.45, 2.75) is 45.3 Å². The molecule has 0 aliphatic carbocycles.